The number of aromatic nitrogens is 3. The standard InChI is InChI=1S/C16H9F4N3O3/c17-10-4-9(5-12(6-10)26-16(18,19)20)14-7-13(15(24)25)22-23(14)11-2-1-3-21-8-11/h1-8H,(H,24,25). The van der Waals surface area contributed by atoms with E-state index in [4.69, 9.17) is 5.11 Å². The third kappa shape index (κ3) is 3.79. The molecule has 0 radical (unpaired) electrons. The fourth-order valence-electron chi connectivity index (χ4n) is 2.27. The number of carbonyl (C=O) groups is 1. The van der Waals surface area contributed by atoms with Crippen LogP contribution >= 0.6 is 0 Å². The lowest BCUT2D eigenvalue weighted by Crippen LogP contribution is -2.17. The van der Waals surface area contributed by atoms with Gasteiger partial charge in [0.2, 0.25) is 0 Å². The summed E-state index contributed by atoms with van der Waals surface area (Å²) in [4.78, 5) is 15.1. The number of hydrogen-bond donors (Lipinski definition) is 1. The molecule has 2 aromatic heterocycles. The molecule has 1 aromatic carbocycles. The molecule has 0 saturated carbocycles. The molecule has 0 bridgehead atoms. The molecule has 0 fully saturated rings. The van der Waals surface area contributed by atoms with Crippen molar-refractivity contribution in [3.05, 3.63) is 60.3 Å². The highest BCUT2D eigenvalue weighted by molar-refractivity contribution is 5.87. The number of pyridine rings is 1. The minimum Gasteiger partial charge on any atom is -0.476 e. The predicted molar refractivity (Wildman–Crippen MR) is 80.4 cm³/mol. The molecule has 0 saturated heterocycles. The normalized spacial score (nSPS) is 11.4. The zero-order valence-corrected chi connectivity index (χ0v) is 12.7. The summed E-state index contributed by atoms with van der Waals surface area (Å²) in [7, 11) is 0. The van der Waals surface area contributed by atoms with Gasteiger partial charge in [-0.2, -0.15) is 5.10 Å². The van der Waals surface area contributed by atoms with Crippen molar-refractivity contribution in [2.24, 2.45) is 0 Å². The highest BCUT2D eigenvalue weighted by Gasteiger charge is 2.31. The summed E-state index contributed by atoms with van der Waals surface area (Å²) in [6.45, 7) is 0. The van der Waals surface area contributed by atoms with Crippen LogP contribution in [0.25, 0.3) is 16.9 Å². The summed E-state index contributed by atoms with van der Waals surface area (Å²) < 4.78 is 55.9. The maximum Gasteiger partial charge on any atom is 0.573 e. The number of nitrogens with zero attached hydrogens (tertiary/aromatic N) is 3. The van der Waals surface area contributed by atoms with Gasteiger partial charge in [0.1, 0.15) is 11.6 Å². The Morgan fingerprint density at radius 3 is 2.58 bits per heavy atom. The van der Waals surface area contributed by atoms with Crippen LogP contribution in [0.3, 0.4) is 0 Å². The van der Waals surface area contributed by atoms with Gasteiger partial charge >= 0.3 is 12.3 Å². The van der Waals surface area contributed by atoms with Crippen LogP contribution in [-0.4, -0.2) is 32.2 Å². The molecule has 0 aliphatic heterocycles. The van der Waals surface area contributed by atoms with Crippen molar-refractivity contribution in [2.45, 2.75) is 6.36 Å². The molecular formula is C16H9F4N3O3. The Kier molecular flexibility index (Phi) is 4.33. The highest BCUT2D eigenvalue weighted by Crippen LogP contribution is 2.31. The van der Waals surface area contributed by atoms with Crippen LogP contribution in [0, 0.1) is 5.82 Å². The monoisotopic (exact) mass is 367 g/mol. The second kappa shape index (κ2) is 6.47. The summed E-state index contributed by atoms with van der Waals surface area (Å²) in [6.07, 6.45) is -2.16. The minimum absolute atomic E-state index is 0.0481. The van der Waals surface area contributed by atoms with Gasteiger partial charge in [-0.1, -0.05) is 0 Å². The van der Waals surface area contributed by atoms with Crippen molar-refractivity contribution in [2.75, 3.05) is 0 Å². The molecule has 0 aliphatic carbocycles. The zero-order chi connectivity index (χ0) is 18.9. The van der Waals surface area contributed by atoms with Crippen molar-refractivity contribution in [3.8, 4) is 22.7 Å². The van der Waals surface area contributed by atoms with Crippen LogP contribution in [-0.2, 0) is 0 Å². The van der Waals surface area contributed by atoms with E-state index in [0.717, 1.165) is 22.9 Å². The first-order valence-electron chi connectivity index (χ1n) is 7.03. The van der Waals surface area contributed by atoms with Crippen molar-refractivity contribution in [3.63, 3.8) is 0 Å². The molecule has 0 spiro atoms. The van der Waals surface area contributed by atoms with Crippen LogP contribution < -0.4 is 4.74 Å². The van der Waals surface area contributed by atoms with E-state index in [1.165, 1.54) is 12.4 Å². The molecule has 0 unspecified atom stereocenters. The molecule has 0 amide bonds. The fraction of sp³-hybridized carbons (Fsp3) is 0.0625. The number of ether oxygens (including phenoxy) is 1. The number of halogens is 4. The molecule has 26 heavy (non-hydrogen) atoms. The maximum atomic E-state index is 13.8. The number of carboxylic acids is 1. The Labute approximate surface area is 143 Å². The lowest BCUT2D eigenvalue weighted by molar-refractivity contribution is -0.274. The summed E-state index contributed by atoms with van der Waals surface area (Å²) in [5.74, 6) is -3.11. The molecule has 1 N–H and O–H groups in total. The summed E-state index contributed by atoms with van der Waals surface area (Å²) in [6, 6.07) is 6.68. The van der Waals surface area contributed by atoms with E-state index < -0.39 is 23.9 Å². The Hall–Kier alpha value is -3.43. The zero-order valence-electron chi connectivity index (χ0n) is 12.7. The van der Waals surface area contributed by atoms with Gasteiger partial charge in [-0.25, -0.2) is 13.9 Å². The van der Waals surface area contributed by atoms with E-state index in [0.29, 0.717) is 11.8 Å². The van der Waals surface area contributed by atoms with Crippen LogP contribution in [0.2, 0.25) is 0 Å². The summed E-state index contributed by atoms with van der Waals surface area (Å²) >= 11 is 0. The lowest BCUT2D eigenvalue weighted by Gasteiger charge is -2.11. The van der Waals surface area contributed by atoms with Gasteiger partial charge in [-0.05, 0) is 30.3 Å². The largest absolute Gasteiger partial charge is 0.573 e. The average molecular weight is 367 g/mol. The Balaban J connectivity index is 2.16. The van der Waals surface area contributed by atoms with Gasteiger partial charge < -0.3 is 9.84 Å². The molecule has 10 heteroatoms. The van der Waals surface area contributed by atoms with E-state index in [-0.39, 0.29) is 17.0 Å². The van der Waals surface area contributed by atoms with Crippen LogP contribution in [0.4, 0.5) is 17.6 Å². The third-order valence-electron chi connectivity index (χ3n) is 3.22. The summed E-state index contributed by atoms with van der Waals surface area (Å²) in [5.41, 5.74) is -0.0148. The fourth-order valence-corrected chi connectivity index (χ4v) is 2.27. The first-order valence-corrected chi connectivity index (χ1v) is 7.03. The SMILES string of the molecule is O=C(O)c1cc(-c2cc(F)cc(OC(F)(F)F)c2)n(-c2cccnc2)n1. The second-order valence-electron chi connectivity index (χ2n) is 5.07. The van der Waals surface area contributed by atoms with Crippen LogP contribution in [0.1, 0.15) is 10.5 Å². The van der Waals surface area contributed by atoms with Gasteiger partial charge in [0.15, 0.2) is 5.69 Å². The minimum atomic E-state index is -5.00. The molecule has 0 aliphatic rings. The summed E-state index contributed by atoms with van der Waals surface area (Å²) in [5, 5.41) is 13.0. The van der Waals surface area contributed by atoms with Gasteiger partial charge in [0.05, 0.1) is 17.6 Å². The van der Waals surface area contributed by atoms with Gasteiger partial charge in [0.25, 0.3) is 0 Å². The molecular weight excluding hydrogens is 358 g/mol. The average Bonchev–Trinajstić information content (AvgIpc) is 2.99. The third-order valence-corrected chi connectivity index (χ3v) is 3.22. The molecule has 0 atom stereocenters. The molecule has 6 nitrogen and oxygen atoms in total. The Morgan fingerprint density at radius 2 is 1.96 bits per heavy atom. The van der Waals surface area contributed by atoms with Crippen molar-refractivity contribution >= 4 is 5.97 Å². The Morgan fingerprint density at radius 1 is 1.19 bits per heavy atom. The Bertz CT molecular complexity index is 955. The van der Waals surface area contributed by atoms with E-state index in [1.807, 2.05) is 0 Å². The van der Waals surface area contributed by atoms with Gasteiger partial charge in [-0.3, -0.25) is 4.98 Å². The van der Waals surface area contributed by atoms with Crippen molar-refractivity contribution in [1.29, 1.82) is 0 Å². The van der Waals surface area contributed by atoms with E-state index in [1.54, 1.807) is 12.1 Å². The van der Waals surface area contributed by atoms with Crippen LogP contribution in [0.15, 0.2) is 48.8 Å². The van der Waals surface area contributed by atoms with Crippen molar-refractivity contribution < 1.29 is 32.2 Å². The number of carboxylic acid groups (broad SMARTS) is 1. The van der Waals surface area contributed by atoms with E-state index in [2.05, 4.69) is 14.8 Å². The molecule has 3 aromatic rings. The van der Waals surface area contributed by atoms with Crippen molar-refractivity contribution in [1.82, 2.24) is 14.8 Å². The number of hydrogen-bond acceptors (Lipinski definition) is 4. The van der Waals surface area contributed by atoms with Gasteiger partial charge in [0, 0.05) is 17.8 Å². The smallest absolute Gasteiger partial charge is 0.476 e. The van der Waals surface area contributed by atoms with Crippen LogP contribution in [0.5, 0.6) is 5.75 Å². The number of alkyl halides is 3. The molecule has 3 rings (SSSR count). The highest BCUT2D eigenvalue weighted by atomic mass is 19.4. The van der Waals surface area contributed by atoms with E-state index >= 15 is 0 Å². The quantitative estimate of drug-likeness (QED) is 0.712. The first-order chi connectivity index (χ1) is 12.2. The number of benzene rings is 1. The molecule has 2 heterocycles. The number of rotatable bonds is 4. The topological polar surface area (TPSA) is 77.2 Å². The second-order valence-corrected chi connectivity index (χ2v) is 5.07. The predicted octanol–water partition coefficient (Wildman–Crippen LogP) is 3.67. The molecule has 134 valence electrons. The van der Waals surface area contributed by atoms with E-state index in [9.17, 15) is 22.4 Å². The lowest BCUT2D eigenvalue weighted by atomic mass is 10.1. The number of aromatic carboxylic acids is 1. The van der Waals surface area contributed by atoms with Gasteiger partial charge in [-0.15, -0.1) is 13.2 Å². The first kappa shape index (κ1) is 17.4. The maximum absolute atomic E-state index is 13.8.